The van der Waals surface area contributed by atoms with E-state index < -0.39 is 15.9 Å². The monoisotopic (exact) mass is 466 g/mol. The Balaban J connectivity index is 1.96. The zero-order valence-corrected chi connectivity index (χ0v) is 19.9. The maximum absolute atomic E-state index is 13.2. The fourth-order valence-electron chi connectivity index (χ4n) is 3.37. The number of amides is 2. The van der Waals surface area contributed by atoms with Crippen LogP contribution in [-0.4, -0.2) is 51.9 Å². The number of nitrogens with zero attached hydrogens (tertiary/aromatic N) is 4. The van der Waals surface area contributed by atoms with Crippen molar-refractivity contribution in [3.05, 3.63) is 23.5 Å². The van der Waals surface area contributed by atoms with Gasteiger partial charge in [0.25, 0.3) is 0 Å². The molecule has 2 aromatic heterocycles. The molecule has 2 amide bonds. The second kappa shape index (κ2) is 9.43. The van der Waals surface area contributed by atoms with Gasteiger partial charge in [0.15, 0.2) is 9.92 Å². The zero-order chi connectivity index (χ0) is 23.6. The minimum atomic E-state index is -3.61. The van der Waals surface area contributed by atoms with Gasteiger partial charge < -0.3 is 19.5 Å². The average Bonchev–Trinajstić information content (AvgIpc) is 3.17. The van der Waals surface area contributed by atoms with Gasteiger partial charge in [0, 0.05) is 13.2 Å². The van der Waals surface area contributed by atoms with Crippen LogP contribution in [0.15, 0.2) is 21.5 Å². The number of urea groups is 1. The maximum Gasteiger partial charge on any atom is 0.354 e. The van der Waals surface area contributed by atoms with Crippen LogP contribution in [0.4, 0.5) is 10.5 Å². The summed E-state index contributed by atoms with van der Waals surface area (Å²) in [6.07, 6.45) is 1.12. The number of fused-ring (bicyclic) bond motifs is 1. The first-order chi connectivity index (χ1) is 15.1. The van der Waals surface area contributed by atoms with Crippen LogP contribution in [0.1, 0.15) is 50.8 Å². The number of rotatable bonds is 6. The fraction of sp³-hybridized carbons (Fsp3) is 0.550. The molecule has 0 fully saturated rings. The van der Waals surface area contributed by atoms with E-state index in [4.69, 9.17) is 19.3 Å². The molecule has 12 heteroatoms. The van der Waals surface area contributed by atoms with Crippen molar-refractivity contribution in [3.8, 4) is 11.8 Å². The molecule has 3 N–H and O–H groups in total. The molecular formula is C20H30N6O5S. The Morgan fingerprint density at radius 3 is 2.66 bits per heavy atom. The number of hydrogen-bond acceptors (Lipinski definition) is 7. The van der Waals surface area contributed by atoms with Crippen molar-refractivity contribution in [1.29, 1.82) is 0 Å². The molecule has 2 atom stereocenters. The Kier molecular flexibility index (Phi) is 7.06. The lowest BCUT2D eigenvalue weighted by molar-refractivity contribution is 0.0165. The normalized spacial score (nSPS) is 17.5. The summed E-state index contributed by atoms with van der Waals surface area (Å²) in [6, 6.07) is 0.916. The number of pyridine rings is 1. The van der Waals surface area contributed by atoms with Gasteiger partial charge in [-0.25, -0.2) is 23.8 Å². The summed E-state index contributed by atoms with van der Waals surface area (Å²) in [5.74, 6) is 0.726. The lowest BCUT2D eigenvalue weighted by atomic mass is 9.97. The molecule has 1 aliphatic heterocycles. The lowest BCUT2D eigenvalue weighted by Gasteiger charge is -2.23. The topological polar surface area (TPSA) is 143 Å². The average molecular weight is 467 g/mol. The van der Waals surface area contributed by atoms with Crippen molar-refractivity contribution >= 4 is 21.6 Å². The second-order valence-electron chi connectivity index (χ2n) is 8.08. The van der Waals surface area contributed by atoms with Gasteiger partial charge in [-0.3, -0.25) is 0 Å². The Hall–Kier alpha value is -2.70. The summed E-state index contributed by atoms with van der Waals surface area (Å²) in [6.45, 7) is 8.55. The molecule has 2 unspecified atom stereocenters. The summed E-state index contributed by atoms with van der Waals surface area (Å²) in [5, 5.41) is 12.8. The Bertz CT molecular complexity index is 1090. The summed E-state index contributed by atoms with van der Waals surface area (Å²) >= 11 is 0. The molecule has 32 heavy (non-hydrogen) atoms. The van der Waals surface area contributed by atoms with E-state index in [2.05, 4.69) is 19.8 Å². The first-order valence-corrected chi connectivity index (χ1v) is 11.8. The first-order valence-electron chi connectivity index (χ1n) is 10.2. The molecule has 0 aliphatic carbocycles. The van der Waals surface area contributed by atoms with Gasteiger partial charge in [-0.2, -0.15) is 5.10 Å². The minimum absolute atomic E-state index is 0.00930. The van der Waals surface area contributed by atoms with Gasteiger partial charge in [0.1, 0.15) is 17.6 Å². The van der Waals surface area contributed by atoms with Crippen LogP contribution < -0.4 is 19.9 Å². The van der Waals surface area contributed by atoms with Crippen molar-refractivity contribution in [2.24, 2.45) is 9.50 Å². The summed E-state index contributed by atoms with van der Waals surface area (Å²) in [5.41, 5.74) is 1.97. The molecule has 0 spiro atoms. The number of carbonyl (C=O) groups excluding carboxylic acids is 1. The van der Waals surface area contributed by atoms with Gasteiger partial charge >= 0.3 is 6.03 Å². The molecule has 0 saturated carbocycles. The number of anilines is 1. The highest BCUT2D eigenvalue weighted by Crippen LogP contribution is 2.34. The third-order valence-corrected chi connectivity index (χ3v) is 6.42. The molecule has 176 valence electrons. The summed E-state index contributed by atoms with van der Waals surface area (Å²) in [7, 11) is -0.504. The molecule has 0 aromatic carbocycles. The van der Waals surface area contributed by atoms with Crippen LogP contribution in [0.25, 0.3) is 0 Å². The highest BCUT2D eigenvalue weighted by Gasteiger charge is 2.28. The van der Waals surface area contributed by atoms with Crippen LogP contribution in [0.2, 0.25) is 0 Å². The van der Waals surface area contributed by atoms with Gasteiger partial charge in [-0.1, -0.05) is 27.7 Å². The number of carbonyl (C=O) groups is 1. The van der Waals surface area contributed by atoms with Gasteiger partial charge in [-0.15, -0.1) is 4.36 Å². The van der Waals surface area contributed by atoms with Crippen LogP contribution in [0.3, 0.4) is 0 Å². The molecular weight excluding hydrogens is 436 g/mol. The molecule has 3 heterocycles. The number of nitrogens with two attached hydrogens (primary N) is 1. The van der Waals surface area contributed by atoms with E-state index in [1.165, 1.54) is 18.0 Å². The predicted octanol–water partition coefficient (Wildman–Crippen LogP) is 2.87. The van der Waals surface area contributed by atoms with E-state index in [1.54, 1.807) is 13.2 Å². The second-order valence-corrected chi connectivity index (χ2v) is 9.84. The van der Waals surface area contributed by atoms with Crippen LogP contribution >= 0.6 is 0 Å². The molecule has 0 radical (unpaired) electrons. The van der Waals surface area contributed by atoms with Crippen LogP contribution in [-0.2, 0) is 21.2 Å². The van der Waals surface area contributed by atoms with Crippen LogP contribution in [0.5, 0.6) is 11.8 Å². The third kappa shape index (κ3) is 4.87. The predicted molar refractivity (Wildman–Crippen MR) is 120 cm³/mol. The van der Waals surface area contributed by atoms with E-state index in [-0.39, 0.29) is 35.3 Å². The molecule has 11 nitrogen and oxygen atoms in total. The van der Waals surface area contributed by atoms with E-state index in [0.29, 0.717) is 23.8 Å². The van der Waals surface area contributed by atoms with E-state index in [1.807, 2.05) is 27.7 Å². The largest absolute Gasteiger partial charge is 0.481 e. The van der Waals surface area contributed by atoms with Crippen molar-refractivity contribution in [1.82, 2.24) is 14.8 Å². The number of ether oxygens (including phenoxy) is 3. The number of nitrogens with one attached hydrogen (secondary N) is 1. The van der Waals surface area contributed by atoms with Crippen molar-refractivity contribution in [2.75, 3.05) is 26.1 Å². The van der Waals surface area contributed by atoms with Crippen molar-refractivity contribution in [3.63, 3.8) is 0 Å². The number of aromatic nitrogens is 3. The first kappa shape index (κ1) is 24.0. The van der Waals surface area contributed by atoms with E-state index in [9.17, 15) is 9.00 Å². The number of hydrogen-bond donors (Lipinski definition) is 2. The zero-order valence-electron chi connectivity index (χ0n) is 19.1. The Labute approximate surface area is 187 Å². The fourth-order valence-corrected chi connectivity index (χ4v) is 4.37. The molecule has 0 saturated heterocycles. The van der Waals surface area contributed by atoms with E-state index in [0.717, 1.165) is 5.56 Å². The van der Waals surface area contributed by atoms with Crippen molar-refractivity contribution in [2.45, 2.75) is 57.1 Å². The van der Waals surface area contributed by atoms with E-state index >= 15 is 0 Å². The lowest BCUT2D eigenvalue weighted by Crippen LogP contribution is -2.32. The van der Waals surface area contributed by atoms with Crippen molar-refractivity contribution < 1.29 is 23.2 Å². The maximum atomic E-state index is 13.2. The van der Waals surface area contributed by atoms with Gasteiger partial charge in [-0.05, 0) is 17.4 Å². The Morgan fingerprint density at radius 1 is 1.34 bits per heavy atom. The van der Waals surface area contributed by atoms with Gasteiger partial charge in [0.05, 0.1) is 31.2 Å². The standard InChI is InChI=1S/C20H30N6O5S/c1-11(2)14-7-16(30-6)23-17(12(3)4)18(14)24-20(27)25-32(21,28)15-8-22-26-9-13(29-5)10-31-19(15)26/h7-8,11-13H,9-10H2,1-6H3,(H3,21,24,25,27,28). The highest BCUT2D eigenvalue weighted by atomic mass is 32.2. The summed E-state index contributed by atoms with van der Waals surface area (Å²) < 4.78 is 34.6. The minimum Gasteiger partial charge on any atom is -0.481 e. The summed E-state index contributed by atoms with van der Waals surface area (Å²) in [4.78, 5) is 17.3. The van der Waals surface area contributed by atoms with Crippen LogP contribution in [0, 0.1) is 0 Å². The molecule has 0 bridgehead atoms. The molecule has 2 aromatic rings. The quantitative estimate of drug-likeness (QED) is 0.666. The highest BCUT2D eigenvalue weighted by molar-refractivity contribution is 7.91. The number of methoxy groups -OCH3 is 2. The van der Waals surface area contributed by atoms with Gasteiger partial charge in [0.2, 0.25) is 11.8 Å². The molecule has 1 aliphatic rings. The SMILES string of the molecule is COc1cc(C(C)C)c(NC(=O)N=S(N)(=O)c2cnn3c2OCC(OC)C3)c(C(C)C)n1. The molecule has 3 rings (SSSR count). The Morgan fingerprint density at radius 2 is 2.06 bits per heavy atom. The third-order valence-electron chi connectivity index (χ3n) is 5.07. The smallest absolute Gasteiger partial charge is 0.354 e.